The van der Waals surface area contributed by atoms with Crippen LogP contribution in [0.4, 0.5) is 5.69 Å². The summed E-state index contributed by atoms with van der Waals surface area (Å²) in [7, 11) is 0. The fourth-order valence-electron chi connectivity index (χ4n) is 2.28. The van der Waals surface area contributed by atoms with Crippen molar-refractivity contribution in [3.05, 3.63) is 72.3 Å². The predicted molar refractivity (Wildman–Crippen MR) is 94.5 cm³/mol. The lowest BCUT2D eigenvalue weighted by atomic mass is 10.1. The number of carbonyl (C=O) groups excluding carboxylic acids is 1. The first kappa shape index (κ1) is 15.1. The van der Waals surface area contributed by atoms with Crippen LogP contribution >= 0.6 is 11.8 Å². The van der Waals surface area contributed by atoms with Gasteiger partial charge in [-0.3, -0.25) is 4.79 Å². The van der Waals surface area contributed by atoms with E-state index < -0.39 is 0 Å². The smallest absolute Gasteiger partial charge is 0.234 e. The van der Waals surface area contributed by atoms with Crippen LogP contribution in [0.3, 0.4) is 0 Å². The summed E-state index contributed by atoms with van der Waals surface area (Å²) in [5.74, 6) is 0.184. The molecule has 1 amide bonds. The Bertz CT molecular complexity index is 899. The monoisotopic (exact) mass is 318 g/mol. The molecule has 112 valence electrons. The highest BCUT2D eigenvalue weighted by Crippen LogP contribution is 2.24. The van der Waals surface area contributed by atoms with Crippen LogP contribution in [-0.2, 0) is 4.79 Å². The minimum Gasteiger partial charge on any atom is -0.324 e. The topological polar surface area (TPSA) is 52.9 Å². The van der Waals surface area contributed by atoms with E-state index in [1.807, 2.05) is 18.2 Å². The quantitative estimate of drug-likeness (QED) is 0.723. The Kier molecular flexibility index (Phi) is 4.60. The molecule has 0 heterocycles. The molecule has 0 fully saturated rings. The molecule has 0 saturated heterocycles. The summed E-state index contributed by atoms with van der Waals surface area (Å²) >= 11 is 1.48. The Hall–Kier alpha value is -2.77. The van der Waals surface area contributed by atoms with Crippen molar-refractivity contribution in [3.8, 4) is 6.07 Å². The molecule has 0 saturated carbocycles. The van der Waals surface area contributed by atoms with Gasteiger partial charge in [-0.05, 0) is 35.0 Å². The van der Waals surface area contributed by atoms with E-state index in [9.17, 15) is 4.79 Å². The van der Waals surface area contributed by atoms with Crippen molar-refractivity contribution < 1.29 is 4.79 Å². The Morgan fingerprint density at radius 1 is 1.00 bits per heavy atom. The average Bonchev–Trinajstić information content (AvgIpc) is 2.60. The van der Waals surface area contributed by atoms with E-state index in [-0.39, 0.29) is 5.91 Å². The van der Waals surface area contributed by atoms with Crippen molar-refractivity contribution in [2.75, 3.05) is 11.1 Å². The number of amides is 1. The van der Waals surface area contributed by atoms with Gasteiger partial charge in [0.15, 0.2) is 0 Å². The number of fused-ring (bicyclic) bond motifs is 1. The second-order valence-electron chi connectivity index (χ2n) is 5.00. The van der Waals surface area contributed by atoms with E-state index in [1.165, 1.54) is 17.1 Å². The summed E-state index contributed by atoms with van der Waals surface area (Å²) in [6, 6.07) is 23.4. The minimum absolute atomic E-state index is 0.120. The standard InChI is InChI=1S/C19H14N2OS/c20-12-16-7-3-4-8-18(16)21-19(22)13-23-17-10-9-14-5-1-2-6-15(14)11-17/h1-11H,13H2,(H,21,22). The maximum atomic E-state index is 12.1. The third kappa shape index (κ3) is 3.71. The molecule has 0 unspecified atom stereocenters. The summed E-state index contributed by atoms with van der Waals surface area (Å²) < 4.78 is 0. The van der Waals surface area contributed by atoms with E-state index in [0.717, 1.165) is 10.3 Å². The Labute approximate surface area is 138 Å². The molecule has 1 N–H and O–H groups in total. The first-order valence-electron chi connectivity index (χ1n) is 7.17. The SMILES string of the molecule is N#Cc1ccccc1NC(=O)CSc1ccc2ccccc2c1. The van der Waals surface area contributed by atoms with Crippen LogP contribution in [0.1, 0.15) is 5.56 Å². The third-order valence-electron chi connectivity index (χ3n) is 3.41. The molecule has 0 aromatic heterocycles. The Balaban J connectivity index is 1.65. The Morgan fingerprint density at radius 2 is 1.74 bits per heavy atom. The molecule has 0 aliphatic carbocycles. The average molecular weight is 318 g/mol. The number of rotatable bonds is 4. The molecule has 0 atom stereocenters. The molecule has 4 heteroatoms. The van der Waals surface area contributed by atoms with Gasteiger partial charge in [-0.15, -0.1) is 11.8 Å². The maximum absolute atomic E-state index is 12.1. The lowest BCUT2D eigenvalue weighted by Gasteiger charge is -2.07. The van der Waals surface area contributed by atoms with Gasteiger partial charge in [0.05, 0.1) is 17.0 Å². The fourth-order valence-corrected chi connectivity index (χ4v) is 3.03. The number of anilines is 1. The highest BCUT2D eigenvalue weighted by Gasteiger charge is 2.07. The lowest BCUT2D eigenvalue weighted by Crippen LogP contribution is -2.14. The minimum atomic E-state index is -0.120. The third-order valence-corrected chi connectivity index (χ3v) is 4.41. The zero-order valence-corrected chi connectivity index (χ0v) is 13.1. The second-order valence-corrected chi connectivity index (χ2v) is 6.05. The molecule has 3 rings (SSSR count). The number of benzene rings is 3. The van der Waals surface area contributed by atoms with Crippen LogP contribution in [0.5, 0.6) is 0 Å². The fraction of sp³-hybridized carbons (Fsp3) is 0.0526. The normalized spacial score (nSPS) is 10.2. The summed E-state index contributed by atoms with van der Waals surface area (Å²) in [4.78, 5) is 13.1. The molecule has 3 nitrogen and oxygen atoms in total. The highest BCUT2D eigenvalue weighted by molar-refractivity contribution is 8.00. The van der Waals surface area contributed by atoms with E-state index in [4.69, 9.17) is 5.26 Å². The highest BCUT2D eigenvalue weighted by atomic mass is 32.2. The summed E-state index contributed by atoms with van der Waals surface area (Å²) in [5, 5.41) is 14.2. The van der Waals surface area contributed by atoms with E-state index in [0.29, 0.717) is 17.0 Å². The van der Waals surface area contributed by atoms with Gasteiger partial charge in [0.1, 0.15) is 6.07 Å². The van der Waals surface area contributed by atoms with Gasteiger partial charge < -0.3 is 5.32 Å². The lowest BCUT2D eigenvalue weighted by molar-refractivity contribution is -0.113. The van der Waals surface area contributed by atoms with Crippen LogP contribution < -0.4 is 5.32 Å². The van der Waals surface area contributed by atoms with Gasteiger partial charge in [-0.2, -0.15) is 5.26 Å². The van der Waals surface area contributed by atoms with Crippen LogP contribution in [0.15, 0.2) is 71.6 Å². The number of para-hydroxylation sites is 1. The maximum Gasteiger partial charge on any atom is 0.234 e. The number of hydrogen-bond acceptors (Lipinski definition) is 3. The molecule has 0 bridgehead atoms. The van der Waals surface area contributed by atoms with Gasteiger partial charge in [0, 0.05) is 4.90 Å². The van der Waals surface area contributed by atoms with Crippen LogP contribution in [-0.4, -0.2) is 11.7 Å². The molecule has 3 aromatic rings. The van der Waals surface area contributed by atoms with Crippen LogP contribution in [0.2, 0.25) is 0 Å². The van der Waals surface area contributed by atoms with E-state index in [1.54, 1.807) is 24.3 Å². The van der Waals surface area contributed by atoms with Gasteiger partial charge in [-0.25, -0.2) is 0 Å². The first-order valence-corrected chi connectivity index (χ1v) is 8.15. The van der Waals surface area contributed by atoms with Crippen molar-refractivity contribution in [2.24, 2.45) is 0 Å². The largest absolute Gasteiger partial charge is 0.324 e. The number of carbonyl (C=O) groups is 1. The zero-order chi connectivity index (χ0) is 16.1. The van der Waals surface area contributed by atoms with E-state index >= 15 is 0 Å². The molecule has 0 spiro atoms. The number of hydrogen-bond donors (Lipinski definition) is 1. The summed E-state index contributed by atoms with van der Waals surface area (Å²) in [6.45, 7) is 0. The summed E-state index contributed by atoms with van der Waals surface area (Å²) in [5.41, 5.74) is 1.02. The number of nitrogens with zero attached hydrogens (tertiary/aromatic N) is 1. The van der Waals surface area contributed by atoms with E-state index in [2.05, 4.69) is 35.7 Å². The van der Waals surface area contributed by atoms with Crippen molar-refractivity contribution >= 4 is 34.1 Å². The Morgan fingerprint density at radius 3 is 2.57 bits per heavy atom. The van der Waals surface area contributed by atoms with Crippen molar-refractivity contribution in [1.82, 2.24) is 0 Å². The van der Waals surface area contributed by atoms with Crippen molar-refractivity contribution in [2.45, 2.75) is 4.90 Å². The second kappa shape index (κ2) is 6.99. The molecule has 0 aliphatic heterocycles. The summed E-state index contributed by atoms with van der Waals surface area (Å²) in [6.07, 6.45) is 0. The number of nitrogens with one attached hydrogen (secondary N) is 1. The molecule has 0 aliphatic rings. The van der Waals surface area contributed by atoms with Gasteiger partial charge in [0.2, 0.25) is 5.91 Å². The van der Waals surface area contributed by atoms with Crippen molar-refractivity contribution in [1.29, 1.82) is 5.26 Å². The van der Waals surface area contributed by atoms with Crippen molar-refractivity contribution in [3.63, 3.8) is 0 Å². The molecule has 0 radical (unpaired) electrons. The molecular weight excluding hydrogens is 304 g/mol. The van der Waals surface area contributed by atoms with Gasteiger partial charge in [0.25, 0.3) is 0 Å². The molecule has 3 aromatic carbocycles. The van der Waals surface area contributed by atoms with Crippen LogP contribution in [0, 0.1) is 11.3 Å². The van der Waals surface area contributed by atoms with Gasteiger partial charge in [-0.1, -0.05) is 42.5 Å². The van der Waals surface area contributed by atoms with Gasteiger partial charge >= 0.3 is 0 Å². The predicted octanol–water partition coefficient (Wildman–Crippen LogP) is 4.44. The molecular formula is C19H14N2OS. The number of nitriles is 1. The van der Waals surface area contributed by atoms with Crippen LogP contribution in [0.25, 0.3) is 10.8 Å². The molecule has 23 heavy (non-hydrogen) atoms. The first-order chi connectivity index (χ1) is 11.3. The zero-order valence-electron chi connectivity index (χ0n) is 12.3. The number of thioether (sulfide) groups is 1.